The van der Waals surface area contributed by atoms with Crippen LogP contribution in [0.5, 0.6) is 0 Å². The van der Waals surface area contributed by atoms with Gasteiger partial charge in [-0.3, -0.25) is 0 Å². The number of hydrogen-bond donors (Lipinski definition) is 1. The van der Waals surface area contributed by atoms with Gasteiger partial charge >= 0.3 is 6.03 Å². The number of hydrogen-bond acceptors (Lipinski definition) is 3. The molecule has 3 heterocycles. The van der Waals surface area contributed by atoms with Gasteiger partial charge in [0.1, 0.15) is 5.82 Å². The first kappa shape index (κ1) is 16.9. The molecule has 2 fully saturated rings. The first-order chi connectivity index (χ1) is 12.2. The van der Waals surface area contributed by atoms with Crippen LogP contribution in [0.2, 0.25) is 0 Å². The molecule has 0 unspecified atom stereocenters. The summed E-state index contributed by atoms with van der Waals surface area (Å²) in [5.41, 5.74) is 0.384. The van der Waals surface area contributed by atoms with E-state index in [1.165, 1.54) is 44.9 Å². The maximum atomic E-state index is 13.0. The number of amides is 2. The molecule has 1 aromatic rings. The molecule has 2 aliphatic heterocycles. The second-order valence-electron chi connectivity index (χ2n) is 8.34. The lowest BCUT2D eigenvalue weighted by Gasteiger charge is -2.43. The fourth-order valence-electron chi connectivity index (χ4n) is 5.16. The van der Waals surface area contributed by atoms with Crippen molar-refractivity contribution in [2.45, 2.75) is 83.7 Å². The minimum absolute atomic E-state index is 0.00876. The van der Waals surface area contributed by atoms with Crippen LogP contribution in [0.1, 0.15) is 81.9 Å². The highest BCUT2D eigenvalue weighted by Gasteiger charge is 2.38. The molecule has 3 aliphatic rings. The number of fused-ring (bicyclic) bond motifs is 1. The fraction of sp³-hybridized carbons (Fsp3) is 0.842. The number of carbonyl (C=O) groups excluding carboxylic acids is 1. The standard InChI is InChI=1S/C19H31N5O/c1-15-21-22-17-16(8-6-13-24(15)17)20-18(25)23-12-7-11-19(14-23)9-4-2-3-5-10-19/h16H,2-14H2,1H3,(H,20,25)/t16-/m0/s1. The van der Waals surface area contributed by atoms with Crippen LogP contribution in [0.3, 0.4) is 0 Å². The van der Waals surface area contributed by atoms with Crippen LogP contribution >= 0.6 is 0 Å². The number of nitrogens with one attached hydrogen (secondary N) is 1. The van der Waals surface area contributed by atoms with Crippen molar-refractivity contribution in [1.82, 2.24) is 25.0 Å². The third-order valence-corrected chi connectivity index (χ3v) is 6.56. The van der Waals surface area contributed by atoms with Crippen molar-refractivity contribution in [2.75, 3.05) is 13.1 Å². The van der Waals surface area contributed by atoms with Crippen LogP contribution in [-0.2, 0) is 6.54 Å². The minimum Gasteiger partial charge on any atom is -0.328 e. The van der Waals surface area contributed by atoms with Crippen molar-refractivity contribution in [1.29, 1.82) is 0 Å². The zero-order valence-corrected chi connectivity index (χ0v) is 15.5. The molecule has 0 aromatic carbocycles. The number of aryl methyl sites for hydroxylation is 1. The molecule has 1 aliphatic carbocycles. The van der Waals surface area contributed by atoms with Gasteiger partial charge in [0.25, 0.3) is 0 Å². The van der Waals surface area contributed by atoms with Gasteiger partial charge in [-0.2, -0.15) is 0 Å². The summed E-state index contributed by atoms with van der Waals surface area (Å²) < 4.78 is 2.15. The zero-order valence-electron chi connectivity index (χ0n) is 15.5. The van der Waals surface area contributed by atoms with E-state index in [0.717, 1.165) is 50.5 Å². The van der Waals surface area contributed by atoms with Gasteiger partial charge in [-0.15, -0.1) is 10.2 Å². The van der Waals surface area contributed by atoms with Crippen molar-refractivity contribution in [3.8, 4) is 0 Å². The van der Waals surface area contributed by atoms with Gasteiger partial charge in [-0.05, 0) is 50.9 Å². The SMILES string of the molecule is Cc1nnc2n1CCC[C@@H]2NC(=O)N1CCCC2(CCCCCC2)C1. The van der Waals surface area contributed by atoms with E-state index in [1.54, 1.807) is 0 Å². The molecule has 1 aromatic heterocycles. The molecule has 1 atom stereocenters. The molecule has 4 rings (SSSR count). The normalized spacial score (nSPS) is 26.1. The van der Waals surface area contributed by atoms with Crippen LogP contribution in [-0.4, -0.2) is 38.8 Å². The second kappa shape index (κ2) is 6.96. The number of nitrogens with zero attached hydrogens (tertiary/aromatic N) is 4. The molecule has 1 spiro atoms. The molecular formula is C19H31N5O. The van der Waals surface area contributed by atoms with E-state index in [2.05, 4.69) is 25.0 Å². The maximum absolute atomic E-state index is 13.0. The van der Waals surface area contributed by atoms with Crippen LogP contribution in [0.25, 0.3) is 0 Å². The molecule has 1 saturated carbocycles. The minimum atomic E-state index is 0.00876. The monoisotopic (exact) mass is 345 g/mol. The molecule has 0 radical (unpaired) electrons. The van der Waals surface area contributed by atoms with Gasteiger partial charge in [-0.25, -0.2) is 4.79 Å². The molecule has 25 heavy (non-hydrogen) atoms. The Labute approximate surface area is 150 Å². The molecule has 138 valence electrons. The van der Waals surface area contributed by atoms with E-state index in [4.69, 9.17) is 0 Å². The third-order valence-electron chi connectivity index (χ3n) is 6.56. The number of likely N-dealkylation sites (tertiary alicyclic amines) is 1. The van der Waals surface area contributed by atoms with Crippen LogP contribution in [0.4, 0.5) is 4.79 Å². The summed E-state index contributed by atoms with van der Waals surface area (Å²) in [6.45, 7) is 4.79. The fourth-order valence-corrected chi connectivity index (χ4v) is 5.16. The average Bonchev–Trinajstić information content (AvgIpc) is 2.86. The van der Waals surface area contributed by atoms with Crippen LogP contribution in [0.15, 0.2) is 0 Å². The van der Waals surface area contributed by atoms with E-state index in [-0.39, 0.29) is 12.1 Å². The van der Waals surface area contributed by atoms with Crippen molar-refractivity contribution in [3.05, 3.63) is 11.6 Å². The summed E-state index contributed by atoms with van der Waals surface area (Å²) in [4.78, 5) is 15.0. The van der Waals surface area contributed by atoms with Gasteiger partial charge in [0.15, 0.2) is 5.82 Å². The van der Waals surface area contributed by atoms with Crippen molar-refractivity contribution in [2.24, 2.45) is 5.41 Å². The summed E-state index contributed by atoms with van der Waals surface area (Å²) in [5, 5.41) is 11.8. The number of piperidine rings is 1. The number of urea groups is 1. The highest BCUT2D eigenvalue weighted by molar-refractivity contribution is 5.74. The molecule has 6 nitrogen and oxygen atoms in total. The highest BCUT2D eigenvalue weighted by atomic mass is 16.2. The van der Waals surface area contributed by atoms with E-state index < -0.39 is 0 Å². The summed E-state index contributed by atoms with van der Waals surface area (Å²) in [5.74, 6) is 1.88. The van der Waals surface area contributed by atoms with Gasteiger partial charge in [-0.1, -0.05) is 25.7 Å². The van der Waals surface area contributed by atoms with Crippen molar-refractivity contribution < 1.29 is 4.79 Å². The third kappa shape index (κ3) is 3.40. The molecule has 0 bridgehead atoms. The largest absolute Gasteiger partial charge is 0.328 e. The predicted octanol–water partition coefficient (Wildman–Crippen LogP) is 3.57. The molecule has 6 heteroatoms. The Hall–Kier alpha value is -1.59. The lowest BCUT2D eigenvalue weighted by molar-refractivity contribution is 0.0887. The second-order valence-corrected chi connectivity index (χ2v) is 8.34. The average molecular weight is 345 g/mol. The maximum Gasteiger partial charge on any atom is 0.318 e. The lowest BCUT2D eigenvalue weighted by atomic mass is 9.74. The summed E-state index contributed by atoms with van der Waals surface area (Å²) >= 11 is 0. The summed E-state index contributed by atoms with van der Waals surface area (Å²) in [6.07, 6.45) is 12.5. The Morgan fingerprint density at radius 1 is 1.04 bits per heavy atom. The Morgan fingerprint density at radius 2 is 1.80 bits per heavy atom. The first-order valence-corrected chi connectivity index (χ1v) is 10.1. The predicted molar refractivity (Wildman–Crippen MR) is 96.2 cm³/mol. The topological polar surface area (TPSA) is 63.1 Å². The zero-order chi connectivity index (χ0) is 17.3. The molecule has 2 amide bonds. The van der Waals surface area contributed by atoms with Crippen molar-refractivity contribution >= 4 is 6.03 Å². The summed E-state index contributed by atoms with van der Waals surface area (Å²) in [6, 6.07) is 0.108. The van der Waals surface area contributed by atoms with Crippen LogP contribution < -0.4 is 5.32 Å². The van der Waals surface area contributed by atoms with E-state index in [0.29, 0.717) is 5.41 Å². The van der Waals surface area contributed by atoms with Crippen molar-refractivity contribution in [3.63, 3.8) is 0 Å². The van der Waals surface area contributed by atoms with Gasteiger partial charge < -0.3 is 14.8 Å². The summed E-state index contributed by atoms with van der Waals surface area (Å²) in [7, 11) is 0. The van der Waals surface area contributed by atoms with Gasteiger partial charge in [0.2, 0.25) is 0 Å². The number of carbonyl (C=O) groups is 1. The quantitative estimate of drug-likeness (QED) is 0.846. The Kier molecular flexibility index (Phi) is 4.69. The highest BCUT2D eigenvalue weighted by Crippen LogP contribution is 2.42. The Morgan fingerprint density at radius 3 is 2.60 bits per heavy atom. The molecule has 1 N–H and O–H groups in total. The Bertz CT molecular complexity index is 617. The molecular weight excluding hydrogens is 314 g/mol. The Balaban J connectivity index is 1.43. The number of aromatic nitrogens is 3. The first-order valence-electron chi connectivity index (χ1n) is 10.1. The van der Waals surface area contributed by atoms with Gasteiger partial charge in [0.05, 0.1) is 6.04 Å². The lowest BCUT2D eigenvalue weighted by Crippen LogP contribution is -2.50. The van der Waals surface area contributed by atoms with E-state index in [9.17, 15) is 4.79 Å². The smallest absolute Gasteiger partial charge is 0.318 e. The molecule has 1 saturated heterocycles. The van der Waals surface area contributed by atoms with E-state index in [1.807, 2.05) is 6.92 Å². The van der Waals surface area contributed by atoms with Gasteiger partial charge in [0, 0.05) is 19.6 Å². The van der Waals surface area contributed by atoms with Crippen LogP contribution in [0, 0.1) is 12.3 Å². The number of rotatable bonds is 1. The van der Waals surface area contributed by atoms with E-state index >= 15 is 0 Å².